The van der Waals surface area contributed by atoms with Gasteiger partial charge in [-0.2, -0.15) is 11.3 Å². The van der Waals surface area contributed by atoms with E-state index in [2.05, 4.69) is 37.3 Å². The summed E-state index contributed by atoms with van der Waals surface area (Å²) in [4.78, 5) is 28.1. The normalized spacial score (nSPS) is 13.5. The van der Waals surface area contributed by atoms with Crippen molar-refractivity contribution in [3.05, 3.63) is 56.6 Å². The van der Waals surface area contributed by atoms with Gasteiger partial charge >= 0.3 is 0 Å². The first kappa shape index (κ1) is 20.4. The van der Waals surface area contributed by atoms with Crippen molar-refractivity contribution in [2.75, 3.05) is 27.2 Å². The van der Waals surface area contributed by atoms with Crippen molar-refractivity contribution in [3.8, 4) is 0 Å². The standard InChI is InChI=1S/C19H28N4O2S/c1-14(8-16-6-7-26-13-16)22-19(25)12-20-11-17(23(2)3)9-15-4-5-18(24)21-10-15/h4-7,10,13-14,17,20H,8-9,11-12H2,1-3H3,(H,21,24)(H,22,25)/t14-,17-/m0/s1. The number of carbonyl (C=O) groups excluding carboxylic acids is 1. The van der Waals surface area contributed by atoms with Gasteiger partial charge in [0.2, 0.25) is 11.5 Å². The van der Waals surface area contributed by atoms with E-state index in [4.69, 9.17) is 0 Å². The molecule has 2 rings (SSSR count). The number of thiophene rings is 1. The quantitative estimate of drug-likeness (QED) is 0.583. The topological polar surface area (TPSA) is 77.2 Å². The number of H-pyrrole nitrogens is 1. The Morgan fingerprint density at radius 2 is 2.04 bits per heavy atom. The molecule has 2 aromatic heterocycles. The third-order valence-corrected chi connectivity index (χ3v) is 4.98. The zero-order valence-corrected chi connectivity index (χ0v) is 16.4. The van der Waals surface area contributed by atoms with E-state index in [-0.39, 0.29) is 23.6 Å². The second-order valence-corrected chi connectivity index (χ2v) is 7.60. The molecule has 6 nitrogen and oxygen atoms in total. The summed E-state index contributed by atoms with van der Waals surface area (Å²) in [5.74, 6) is 0.00859. The minimum Gasteiger partial charge on any atom is -0.352 e. The Balaban J connectivity index is 1.73. The zero-order valence-electron chi connectivity index (χ0n) is 15.6. The highest BCUT2D eigenvalue weighted by molar-refractivity contribution is 7.07. The molecule has 0 radical (unpaired) electrons. The first-order valence-electron chi connectivity index (χ1n) is 8.79. The first-order chi connectivity index (χ1) is 12.4. The Morgan fingerprint density at radius 1 is 1.23 bits per heavy atom. The van der Waals surface area contributed by atoms with Crippen molar-refractivity contribution in [1.82, 2.24) is 20.5 Å². The Morgan fingerprint density at radius 3 is 2.65 bits per heavy atom. The number of carbonyl (C=O) groups is 1. The minimum absolute atomic E-state index is 0.00859. The molecule has 2 aromatic rings. The second kappa shape index (κ2) is 10.3. The molecule has 0 saturated heterocycles. The van der Waals surface area contributed by atoms with Crippen LogP contribution in [0.4, 0.5) is 0 Å². The van der Waals surface area contributed by atoms with E-state index in [1.54, 1.807) is 17.5 Å². The van der Waals surface area contributed by atoms with Crippen LogP contribution >= 0.6 is 11.3 Å². The van der Waals surface area contributed by atoms with Gasteiger partial charge in [-0.15, -0.1) is 0 Å². The predicted molar refractivity (Wildman–Crippen MR) is 107 cm³/mol. The van der Waals surface area contributed by atoms with Gasteiger partial charge in [0.1, 0.15) is 0 Å². The minimum atomic E-state index is -0.0958. The fraction of sp³-hybridized carbons (Fsp3) is 0.474. The van der Waals surface area contributed by atoms with Gasteiger partial charge in [0.15, 0.2) is 0 Å². The van der Waals surface area contributed by atoms with Crippen molar-refractivity contribution >= 4 is 17.2 Å². The average molecular weight is 377 g/mol. The maximum atomic E-state index is 12.1. The second-order valence-electron chi connectivity index (χ2n) is 6.82. The number of amides is 1. The molecule has 7 heteroatoms. The Kier molecular flexibility index (Phi) is 8.03. The molecule has 0 spiro atoms. The van der Waals surface area contributed by atoms with Crippen LogP contribution in [0.5, 0.6) is 0 Å². The largest absolute Gasteiger partial charge is 0.352 e. The molecule has 0 aliphatic rings. The van der Waals surface area contributed by atoms with Crippen molar-refractivity contribution in [2.24, 2.45) is 0 Å². The SMILES string of the molecule is C[C@@H](Cc1ccsc1)NC(=O)CNC[C@H](Cc1ccc(=O)[nH]c1)N(C)C. The summed E-state index contributed by atoms with van der Waals surface area (Å²) < 4.78 is 0. The third-order valence-electron chi connectivity index (χ3n) is 4.25. The number of nitrogens with one attached hydrogen (secondary N) is 3. The maximum absolute atomic E-state index is 12.1. The van der Waals surface area contributed by atoms with E-state index in [1.807, 2.05) is 27.1 Å². The van der Waals surface area contributed by atoms with Gasteiger partial charge in [0.05, 0.1) is 6.54 Å². The monoisotopic (exact) mass is 376 g/mol. The van der Waals surface area contributed by atoms with Gasteiger partial charge in [-0.1, -0.05) is 6.07 Å². The van der Waals surface area contributed by atoms with E-state index >= 15 is 0 Å². The van der Waals surface area contributed by atoms with Crippen molar-refractivity contribution in [2.45, 2.75) is 31.8 Å². The molecule has 0 saturated carbocycles. The van der Waals surface area contributed by atoms with Crippen molar-refractivity contribution < 1.29 is 4.79 Å². The molecule has 26 heavy (non-hydrogen) atoms. The summed E-state index contributed by atoms with van der Waals surface area (Å²) in [6.07, 6.45) is 3.40. The van der Waals surface area contributed by atoms with Crippen LogP contribution in [0.2, 0.25) is 0 Å². The lowest BCUT2D eigenvalue weighted by Crippen LogP contribution is -2.44. The van der Waals surface area contributed by atoms with Gasteiger partial charge in [0, 0.05) is 30.9 Å². The molecule has 3 N–H and O–H groups in total. The third kappa shape index (κ3) is 7.11. The van der Waals surface area contributed by atoms with E-state index in [0.29, 0.717) is 13.1 Å². The molecule has 0 aromatic carbocycles. The van der Waals surface area contributed by atoms with Crippen LogP contribution in [-0.4, -0.2) is 55.1 Å². The van der Waals surface area contributed by atoms with Crippen LogP contribution in [-0.2, 0) is 17.6 Å². The smallest absolute Gasteiger partial charge is 0.247 e. The van der Waals surface area contributed by atoms with E-state index in [9.17, 15) is 9.59 Å². The number of aromatic amines is 1. The summed E-state index contributed by atoms with van der Waals surface area (Å²) >= 11 is 1.67. The van der Waals surface area contributed by atoms with Gasteiger partial charge in [-0.05, 0) is 61.8 Å². The van der Waals surface area contributed by atoms with Crippen LogP contribution in [0.25, 0.3) is 0 Å². The summed E-state index contributed by atoms with van der Waals surface area (Å²) in [5.41, 5.74) is 2.23. The number of likely N-dealkylation sites (N-methyl/N-ethyl adjacent to an activating group) is 1. The number of hydrogen-bond acceptors (Lipinski definition) is 5. The molecule has 142 valence electrons. The number of nitrogens with zero attached hydrogens (tertiary/aromatic N) is 1. The summed E-state index contributed by atoms with van der Waals surface area (Å²) in [5, 5.41) is 10.4. The molecule has 0 fully saturated rings. The number of pyridine rings is 1. The lowest BCUT2D eigenvalue weighted by atomic mass is 10.1. The number of rotatable bonds is 10. The summed E-state index contributed by atoms with van der Waals surface area (Å²) in [7, 11) is 4.03. The molecule has 0 bridgehead atoms. The fourth-order valence-corrected chi connectivity index (χ4v) is 3.45. The number of hydrogen-bond donors (Lipinski definition) is 3. The highest BCUT2D eigenvalue weighted by atomic mass is 32.1. The molecule has 0 unspecified atom stereocenters. The molecule has 0 aliphatic carbocycles. The van der Waals surface area contributed by atoms with Gasteiger partial charge in [-0.25, -0.2) is 0 Å². The molecule has 0 aliphatic heterocycles. The maximum Gasteiger partial charge on any atom is 0.247 e. The van der Waals surface area contributed by atoms with E-state index < -0.39 is 0 Å². The Bertz CT molecular complexity index is 707. The van der Waals surface area contributed by atoms with Crippen LogP contribution in [0.15, 0.2) is 40.0 Å². The number of aromatic nitrogens is 1. The Hall–Kier alpha value is -1.96. The van der Waals surface area contributed by atoms with Crippen molar-refractivity contribution in [1.29, 1.82) is 0 Å². The van der Waals surface area contributed by atoms with Gasteiger partial charge in [-0.3, -0.25) is 9.59 Å². The predicted octanol–water partition coefficient (Wildman–Crippen LogP) is 1.25. The summed E-state index contributed by atoms with van der Waals surface area (Å²) in [6.45, 7) is 3.01. The molecular formula is C19H28N4O2S. The van der Waals surface area contributed by atoms with Crippen LogP contribution in [0, 0.1) is 0 Å². The van der Waals surface area contributed by atoms with Gasteiger partial charge < -0.3 is 20.5 Å². The summed E-state index contributed by atoms with van der Waals surface area (Å²) in [6, 6.07) is 5.82. The van der Waals surface area contributed by atoms with E-state index in [1.165, 1.54) is 11.6 Å². The molecule has 2 atom stereocenters. The lowest BCUT2D eigenvalue weighted by molar-refractivity contribution is -0.120. The van der Waals surface area contributed by atoms with E-state index in [0.717, 1.165) is 18.4 Å². The van der Waals surface area contributed by atoms with Crippen LogP contribution < -0.4 is 16.2 Å². The zero-order chi connectivity index (χ0) is 18.9. The van der Waals surface area contributed by atoms with Crippen molar-refractivity contribution in [3.63, 3.8) is 0 Å². The first-order valence-corrected chi connectivity index (χ1v) is 9.73. The average Bonchev–Trinajstić information content (AvgIpc) is 3.08. The molecular weight excluding hydrogens is 348 g/mol. The fourth-order valence-electron chi connectivity index (χ4n) is 2.77. The molecule has 2 heterocycles. The lowest BCUT2D eigenvalue weighted by Gasteiger charge is -2.25. The highest BCUT2D eigenvalue weighted by Crippen LogP contribution is 2.08. The molecule has 1 amide bonds. The highest BCUT2D eigenvalue weighted by Gasteiger charge is 2.14. The Labute approximate surface area is 158 Å². The van der Waals surface area contributed by atoms with Crippen LogP contribution in [0.3, 0.4) is 0 Å². The van der Waals surface area contributed by atoms with Crippen LogP contribution in [0.1, 0.15) is 18.1 Å². The van der Waals surface area contributed by atoms with Gasteiger partial charge in [0.25, 0.3) is 0 Å².